The second-order valence-electron chi connectivity index (χ2n) is 8.92. The summed E-state index contributed by atoms with van der Waals surface area (Å²) in [6.45, 7) is 3.36. The predicted octanol–water partition coefficient (Wildman–Crippen LogP) is 4.32. The Hall–Kier alpha value is -3.22. The first-order valence-corrected chi connectivity index (χ1v) is 11.3. The number of amides is 1. The smallest absolute Gasteiger partial charge is 0.339 e. The Morgan fingerprint density at radius 3 is 2.75 bits per heavy atom. The van der Waals surface area contributed by atoms with Crippen molar-refractivity contribution in [2.24, 2.45) is 0 Å². The highest BCUT2D eigenvalue weighted by atomic mass is 16.5. The summed E-state index contributed by atoms with van der Waals surface area (Å²) in [7, 11) is 0. The van der Waals surface area contributed by atoms with Gasteiger partial charge in [-0.25, -0.2) is 9.78 Å². The number of aromatic nitrogens is 2. The Morgan fingerprint density at radius 2 is 1.97 bits per heavy atom. The van der Waals surface area contributed by atoms with Crippen molar-refractivity contribution in [1.29, 1.82) is 0 Å². The average molecular weight is 434 g/mol. The molecule has 1 fully saturated rings. The quantitative estimate of drug-likeness (QED) is 0.582. The topological polar surface area (TPSA) is 94.3 Å². The van der Waals surface area contributed by atoms with Gasteiger partial charge in [-0.15, -0.1) is 0 Å². The molecule has 1 amide bonds. The molecule has 2 aromatic heterocycles. The van der Waals surface area contributed by atoms with E-state index in [9.17, 15) is 9.59 Å². The fourth-order valence-corrected chi connectivity index (χ4v) is 4.46. The van der Waals surface area contributed by atoms with Crippen LogP contribution in [0, 0.1) is 6.92 Å². The number of pyridine rings is 1. The number of nitrogens with zero attached hydrogens (tertiary/aromatic N) is 2. The van der Waals surface area contributed by atoms with Crippen LogP contribution in [0.4, 0.5) is 0 Å². The Bertz CT molecular complexity index is 1200. The van der Waals surface area contributed by atoms with Crippen molar-refractivity contribution in [3.63, 3.8) is 0 Å². The van der Waals surface area contributed by atoms with Gasteiger partial charge in [-0.2, -0.15) is 0 Å². The molecule has 0 aliphatic heterocycles. The second kappa shape index (κ2) is 8.37. The lowest BCUT2D eigenvalue weighted by molar-refractivity contribution is -0.124. The van der Waals surface area contributed by atoms with Crippen molar-refractivity contribution in [3.8, 4) is 0 Å². The normalized spacial score (nSPS) is 16.4. The van der Waals surface area contributed by atoms with Crippen LogP contribution in [0.25, 0.3) is 11.1 Å². The number of rotatable bonds is 6. The third kappa shape index (κ3) is 4.11. The van der Waals surface area contributed by atoms with Crippen LogP contribution in [0.15, 0.2) is 28.8 Å². The van der Waals surface area contributed by atoms with Crippen molar-refractivity contribution in [2.75, 3.05) is 6.61 Å². The number of carbonyl (C=O) groups excluding carboxylic acids is 2. The maximum Gasteiger partial charge on any atom is 0.339 e. The maximum absolute atomic E-state index is 12.8. The van der Waals surface area contributed by atoms with Crippen molar-refractivity contribution >= 4 is 23.0 Å². The van der Waals surface area contributed by atoms with Crippen LogP contribution in [-0.4, -0.2) is 28.6 Å². The Balaban J connectivity index is 1.24. The number of carbonyl (C=O) groups is 2. The molecule has 1 N–H and O–H groups in total. The van der Waals surface area contributed by atoms with Gasteiger partial charge in [0, 0.05) is 11.6 Å². The molecule has 32 heavy (non-hydrogen) atoms. The number of nitrogens with one attached hydrogen (secondary N) is 1. The molecule has 2 heterocycles. The van der Waals surface area contributed by atoms with Crippen LogP contribution >= 0.6 is 0 Å². The standard InChI is InChI=1S/C25H27N3O4/c1-14(18-10-7-16-5-3-4-6-19(16)11-18)26-22(29)13-31-25(30)20-12-21(17-8-9-17)27-24-23(20)15(2)28-32-24/h7,10-12,14,17H,3-6,8-9,13H2,1-2H3,(H,26,29). The van der Waals surface area contributed by atoms with Crippen LogP contribution in [-0.2, 0) is 22.4 Å². The lowest BCUT2D eigenvalue weighted by Gasteiger charge is -2.20. The summed E-state index contributed by atoms with van der Waals surface area (Å²) in [6, 6.07) is 8.01. The lowest BCUT2D eigenvalue weighted by Crippen LogP contribution is -2.31. The molecule has 1 saturated carbocycles. The fraction of sp³-hybridized carbons (Fsp3) is 0.440. The highest BCUT2D eigenvalue weighted by Gasteiger charge is 2.29. The van der Waals surface area contributed by atoms with E-state index in [1.807, 2.05) is 6.92 Å². The van der Waals surface area contributed by atoms with Crippen molar-refractivity contribution in [1.82, 2.24) is 15.5 Å². The summed E-state index contributed by atoms with van der Waals surface area (Å²) in [5.74, 6) is -0.558. The van der Waals surface area contributed by atoms with Gasteiger partial charge in [-0.1, -0.05) is 23.4 Å². The zero-order chi connectivity index (χ0) is 22.2. The van der Waals surface area contributed by atoms with Crippen LogP contribution in [0.2, 0.25) is 0 Å². The van der Waals surface area contributed by atoms with Gasteiger partial charge in [-0.05, 0) is 75.1 Å². The number of aryl methyl sites for hydroxylation is 3. The van der Waals surface area contributed by atoms with Crippen LogP contribution in [0.3, 0.4) is 0 Å². The number of hydrogen-bond acceptors (Lipinski definition) is 6. The van der Waals surface area contributed by atoms with E-state index < -0.39 is 5.97 Å². The Morgan fingerprint density at radius 1 is 1.19 bits per heavy atom. The first kappa shape index (κ1) is 20.7. The summed E-state index contributed by atoms with van der Waals surface area (Å²) in [6.07, 6.45) is 6.76. The zero-order valence-electron chi connectivity index (χ0n) is 18.4. The van der Waals surface area contributed by atoms with Gasteiger partial charge >= 0.3 is 5.97 Å². The fourth-order valence-electron chi connectivity index (χ4n) is 4.46. The van der Waals surface area contributed by atoms with E-state index >= 15 is 0 Å². The zero-order valence-corrected chi connectivity index (χ0v) is 18.4. The number of fused-ring (bicyclic) bond motifs is 2. The molecule has 3 aromatic rings. The van der Waals surface area contributed by atoms with Gasteiger partial charge in [0.2, 0.25) is 0 Å². The monoisotopic (exact) mass is 433 g/mol. The number of ether oxygens (including phenoxy) is 1. The lowest BCUT2D eigenvalue weighted by atomic mass is 9.89. The molecule has 166 valence electrons. The number of esters is 1. The number of hydrogen-bond donors (Lipinski definition) is 1. The summed E-state index contributed by atoms with van der Waals surface area (Å²) < 4.78 is 10.6. The maximum atomic E-state index is 12.8. The van der Waals surface area contributed by atoms with Gasteiger partial charge in [0.15, 0.2) is 6.61 Å². The highest BCUT2D eigenvalue weighted by molar-refractivity contribution is 6.03. The largest absolute Gasteiger partial charge is 0.452 e. The molecular weight excluding hydrogens is 406 g/mol. The molecule has 2 aliphatic rings. The molecule has 1 aromatic carbocycles. The van der Waals surface area contributed by atoms with Crippen molar-refractivity contribution < 1.29 is 18.8 Å². The van der Waals surface area contributed by atoms with E-state index in [1.165, 1.54) is 24.0 Å². The van der Waals surface area contributed by atoms with Gasteiger partial charge in [0.05, 0.1) is 22.7 Å². The summed E-state index contributed by atoms with van der Waals surface area (Å²) in [4.78, 5) is 29.8. The van der Waals surface area contributed by atoms with Gasteiger partial charge in [0.1, 0.15) is 0 Å². The molecule has 7 nitrogen and oxygen atoms in total. The minimum Gasteiger partial charge on any atom is -0.452 e. The van der Waals surface area contributed by atoms with Crippen LogP contribution in [0.1, 0.15) is 83.0 Å². The van der Waals surface area contributed by atoms with E-state index in [0.29, 0.717) is 28.3 Å². The van der Waals surface area contributed by atoms with Gasteiger partial charge in [0.25, 0.3) is 11.6 Å². The second-order valence-corrected chi connectivity index (χ2v) is 8.92. The average Bonchev–Trinajstić information content (AvgIpc) is 3.59. The minimum absolute atomic E-state index is 0.164. The Labute approximate surface area is 186 Å². The first-order chi connectivity index (χ1) is 15.5. The third-order valence-corrected chi connectivity index (χ3v) is 6.44. The molecule has 0 radical (unpaired) electrons. The van der Waals surface area contributed by atoms with Crippen LogP contribution < -0.4 is 5.32 Å². The molecule has 1 atom stereocenters. The molecular formula is C25H27N3O4. The molecule has 0 saturated heterocycles. The molecule has 2 aliphatic carbocycles. The molecule has 0 bridgehead atoms. The van der Waals surface area contributed by atoms with Gasteiger partial charge < -0.3 is 14.6 Å². The van der Waals surface area contributed by atoms with Crippen molar-refractivity contribution in [3.05, 3.63) is 57.9 Å². The molecule has 7 heteroatoms. The molecule has 1 unspecified atom stereocenters. The van der Waals surface area contributed by atoms with E-state index in [2.05, 4.69) is 33.7 Å². The Kier molecular flexibility index (Phi) is 5.41. The minimum atomic E-state index is -0.567. The van der Waals surface area contributed by atoms with E-state index in [1.54, 1.807) is 13.0 Å². The van der Waals surface area contributed by atoms with E-state index in [0.717, 1.165) is 36.9 Å². The SMILES string of the molecule is Cc1noc2nc(C3CC3)cc(C(=O)OCC(=O)NC(C)c3ccc4c(c3)CCCC4)c12. The first-order valence-electron chi connectivity index (χ1n) is 11.3. The van der Waals surface area contributed by atoms with Gasteiger partial charge in [-0.3, -0.25) is 4.79 Å². The van der Waals surface area contributed by atoms with Crippen molar-refractivity contribution in [2.45, 2.75) is 64.3 Å². The number of benzene rings is 1. The summed E-state index contributed by atoms with van der Waals surface area (Å²) in [5.41, 5.74) is 5.92. The highest BCUT2D eigenvalue weighted by Crippen LogP contribution is 2.40. The van der Waals surface area contributed by atoms with E-state index in [4.69, 9.17) is 9.26 Å². The third-order valence-electron chi connectivity index (χ3n) is 6.44. The van der Waals surface area contributed by atoms with E-state index in [-0.39, 0.29) is 18.6 Å². The molecule has 0 spiro atoms. The molecule has 5 rings (SSSR count). The summed E-state index contributed by atoms with van der Waals surface area (Å²) >= 11 is 0. The van der Waals surface area contributed by atoms with Crippen LogP contribution in [0.5, 0.6) is 0 Å². The summed E-state index contributed by atoms with van der Waals surface area (Å²) in [5, 5.41) is 7.41. The predicted molar refractivity (Wildman–Crippen MR) is 118 cm³/mol.